The van der Waals surface area contributed by atoms with E-state index in [0.717, 1.165) is 5.56 Å². The molecule has 0 N–H and O–H groups in total. The first kappa shape index (κ1) is 25.6. The fourth-order valence-corrected chi connectivity index (χ4v) is 3.99. The fourth-order valence-electron chi connectivity index (χ4n) is 3.99. The Morgan fingerprint density at radius 1 is 0.917 bits per heavy atom. The van der Waals surface area contributed by atoms with Crippen LogP contribution in [0.1, 0.15) is 53.4 Å². The van der Waals surface area contributed by atoms with Gasteiger partial charge in [-0.25, -0.2) is 26.6 Å². The lowest BCUT2D eigenvalue weighted by atomic mass is 10.1. The summed E-state index contributed by atoms with van der Waals surface area (Å²) in [6, 6.07) is 16.2. The van der Waals surface area contributed by atoms with E-state index in [-0.39, 0.29) is 18.7 Å². The van der Waals surface area contributed by atoms with Crippen LogP contribution >= 0.6 is 0 Å². The average Bonchev–Trinajstić information content (AvgIpc) is 3.41. The molecule has 4 aromatic rings. The Balaban J connectivity index is 1.69. The third kappa shape index (κ3) is 5.99. The van der Waals surface area contributed by atoms with Crippen LogP contribution in [0.25, 0.3) is 5.69 Å². The first-order valence-electron chi connectivity index (χ1n) is 11.3. The highest BCUT2D eigenvalue weighted by molar-refractivity contribution is 5.44. The molecule has 0 aliphatic rings. The summed E-state index contributed by atoms with van der Waals surface area (Å²) in [4.78, 5) is 0. The van der Waals surface area contributed by atoms with Gasteiger partial charge in [0.25, 0.3) is 6.43 Å². The van der Waals surface area contributed by atoms with Gasteiger partial charge in [0.15, 0.2) is 0 Å². The van der Waals surface area contributed by atoms with Gasteiger partial charge in [0.1, 0.15) is 11.5 Å². The Morgan fingerprint density at radius 2 is 1.67 bits per heavy atom. The number of aryl methyl sites for hydroxylation is 1. The summed E-state index contributed by atoms with van der Waals surface area (Å²) in [5, 5.41) is 8.18. The van der Waals surface area contributed by atoms with Crippen molar-refractivity contribution < 1.29 is 26.7 Å². The van der Waals surface area contributed by atoms with Crippen molar-refractivity contribution in [1.82, 2.24) is 19.6 Å². The van der Waals surface area contributed by atoms with Crippen molar-refractivity contribution in [3.63, 3.8) is 0 Å². The largest absolute Gasteiger partial charge is 0.369 e. The number of hydrogen-bond donors (Lipinski definition) is 0. The van der Waals surface area contributed by atoms with E-state index >= 15 is 0 Å². The second kappa shape index (κ2) is 11.0. The second-order valence-electron chi connectivity index (χ2n) is 8.44. The number of halogens is 5. The molecule has 0 saturated heterocycles. The lowest BCUT2D eigenvalue weighted by molar-refractivity contribution is 0.0522. The molecule has 2 aromatic carbocycles. The summed E-state index contributed by atoms with van der Waals surface area (Å²) in [5.41, 5.74) is 2.41. The molecule has 2 heterocycles. The molecule has 4 rings (SSSR count). The third-order valence-corrected chi connectivity index (χ3v) is 5.78. The molecule has 0 saturated carbocycles. The Bertz CT molecular complexity index is 1300. The number of benzene rings is 2. The van der Waals surface area contributed by atoms with Crippen LogP contribution in [0.2, 0.25) is 0 Å². The zero-order valence-corrected chi connectivity index (χ0v) is 19.7. The number of ether oxygens (including phenoxy) is 1. The van der Waals surface area contributed by atoms with E-state index in [2.05, 4.69) is 10.2 Å². The maximum absolute atomic E-state index is 14.2. The van der Waals surface area contributed by atoms with Crippen LogP contribution in [0.3, 0.4) is 0 Å². The van der Waals surface area contributed by atoms with Crippen molar-refractivity contribution in [2.24, 2.45) is 7.05 Å². The smallest absolute Gasteiger partial charge is 0.282 e. The van der Waals surface area contributed by atoms with Crippen molar-refractivity contribution in [3.05, 3.63) is 100 Å². The van der Waals surface area contributed by atoms with Crippen LogP contribution in [-0.2, 0) is 31.2 Å². The summed E-state index contributed by atoms with van der Waals surface area (Å²) >= 11 is 0. The molecule has 1 atom stereocenters. The molecule has 0 amide bonds. The van der Waals surface area contributed by atoms with Gasteiger partial charge in [-0.15, -0.1) is 0 Å². The number of nitrogens with zero attached hydrogens (tertiary/aromatic N) is 4. The van der Waals surface area contributed by atoms with E-state index in [1.165, 1.54) is 39.7 Å². The molecule has 0 aliphatic heterocycles. The van der Waals surface area contributed by atoms with E-state index in [4.69, 9.17) is 4.74 Å². The molecular weight excluding hydrogens is 479 g/mol. The van der Waals surface area contributed by atoms with Crippen molar-refractivity contribution in [3.8, 4) is 5.69 Å². The molecule has 0 fully saturated rings. The topological polar surface area (TPSA) is 44.9 Å². The lowest BCUT2D eigenvalue weighted by Gasteiger charge is -2.19. The van der Waals surface area contributed by atoms with Gasteiger partial charge in [0, 0.05) is 24.7 Å². The SMILES string of the molecule is CC(OCc1ccccc1)c1cc(F)ccc1-n1nc(C(F)F)cc1Cc1cc(CC(F)F)nn1C. The highest BCUT2D eigenvalue weighted by Crippen LogP contribution is 2.30. The standard InChI is InChI=1S/C26H25F5N4O/c1-16(36-15-17-6-4-3-5-7-17)22-10-18(27)8-9-24(22)35-21(14-23(33-35)26(30)31)13-20-11-19(12-25(28)29)32-34(20)2/h3-11,14,16,25-26H,12-13,15H2,1-2H3. The number of aromatic nitrogens is 4. The van der Waals surface area contributed by atoms with Crippen LogP contribution in [0.5, 0.6) is 0 Å². The van der Waals surface area contributed by atoms with Crippen molar-refractivity contribution in [2.75, 3.05) is 0 Å². The van der Waals surface area contributed by atoms with E-state index in [1.807, 2.05) is 30.3 Å². The van der Waals surface area contributed by atoms with Crippen molar-refractivity contribution in [1.29, 1.82) is 0 Å². The maximum atomic E-state index is 14.2. The molecule has 0 spiro atoms. The summed E-state index contributed by atoms with van der Waals surface area (Å²) in [5.74, 6) is -0.505. The van der Waals surface area contributed by atoms with Gasteiger partial charge in [-0.05, 0) is 42.8 Å². The molecule has 2 aromatic heterocycles. The van der Waals surface area contributed by atoms with E-state index in [0.29, 0.717) is 22.6 Å². The number of rotatable bonds is 10. The first-order valence-corrected chi connectivity index (χ1v) is 11.3. The minimum absolute atomic E-state index is 0.0997. The zero-order chi connectivity index (χ0) is 25.8. The summed E-state index contributed by atoms with van der Waals surface area (Å²) in [6.07, 6.45) is -6.38. The average molecular weight is 505 g/mol. The Kier molecular flexibility index (Phi) is 7.83. The molecule has 36 heavy (non-hydrogen) atoms. The number of hydrogen-bond acceptors (Lipinski definition) is 3. The predicted molar refractivity (Wildman–Crippen MR) is 124 cm³/mol. The van der Waals surface area contributed by atoms with Crippen LogP contribution in [0, 0.1) is 5.82 Å². The van der Waals surface area contributed by atoms with Gasteiger partial charge in [0.05, 0.1) is 36.2 Å². The second-order valence-corrected chi connectivity index (χ2v) is 8.44. The molecule has 0 radical (unpaired) electrons. The molecular formula is C26H25F5N4O. The maximum Gasteiger partial charge on any atom is 0.282 e. The van der Waals surface area contributed by atoms with Gasteiger partial charge in [-0.3, -0.25) is 4.68 Å². The van der Waals surface area contributed by atoms with E-state index in [9.17, 15) is 22.0 Å². The predicted octanol–water partition coefficient (Wildman–Crippen LogP) is 6.36. The van der Waals surface area contributed by atoms with E-state index in [1.54, 1.807) is 14.0 Å². The highest BCUT2D eigenvalue weighted by Gasteiger charge is 2.22. The van der Waals surface area contributed by atoms with Crippen LogP contribution < -0.4 is 0 Å². The molecule has 0 aliphatic carbocycles. The fraction of sp³-hybridized carbons (Fsp3) is 0.308. The zero-order valence-electron chi connectivity index (χ0n) is 19.7. The minimum atomic E-state index is -2.83. The third-order valence-electron chi connectivity index (χ3n) is 5.78. The molecule has 5 nitrogen and oxygen atoms in total. The van der Waals surface area contributed by atoms with Gasteiger partial charge in [-0.1, -0.05) is 30.3 Å². The van der Waals surface area contributed by atoms with Crippen LogP contribution in [-0.4, -0.2) is 26.0 Å². The highest BCUT2D eigenvalue weighted by atomic mass is 19.3. The van der Waals surface area contributed by atoms with Crippen LogP contribution in [0.4, 0.5) is 22.0 Å². The monoisotopic (exact) mass is 504 g/mol. The molecule has 10 heteroatoms. The van der Waals surface area contributed by atoms with Crippen LogP contribution in [0.15, 0.2) is 60.7 Å². The van der Waals surface area contributed by atoms with Gasteiger partial charge >= 0.3 is 0 Å². The Labute approximate surface area is 205 Å². The lowest BCUT2D eigenvalue weighted by Crippen LogP contribution is -2.11. The summed E-state index contributed by atoms with van der Waals surface area (Å²) in [6.45, 7) is 2.02. The molecule has 1 unspecified atom stereocenters. The Hall–Kier alpha value is -3.53. The van der Waals surface area contributed by atoms with Crippen molar-refractivity contribution in [2.45, 2.75) is 45.3 Å². The quantitative estimate of drug-likeness (QED) is 0.236. The van der Waals surface area contributed by atoms with Gasteiger partial charge < -0.3 is 4.74 Å². The summed E-state index contributed by atoms with van der Waals surface area (Å²) in [7, 11) is 1.60. The molecule has 190 valence electrons. The Morgan fingerprint density at radius 3 is 2.36 bits per heavy atom. The summed E-state index contributed by atoms with van der Waals surface area (Å²) < 4.78 is 75.8. The first-order chi connectivity index (χ1) is 17.2. The molecule has 0 bridgehead atoms. The van der Waals surface area contributed by atoms with Gasteiger partial charge in [-0.2, -0.15) is 10.2 Å². The van der Waals surface area contributed by atoms with Crippen molar-refractivity contribution >= 4 is 0 Å². The minimum Gasteiger partial charge on any atom is -0.369 e. The van der Waals surface area contributed by atoms with E-state index < -0.39 is 36.9 Å². The number of alkyl halides is 4. The van der Waals surface area contributed by atoms with Gasteiger partial charge in [0.2, 0.25) is 6.43 Å². The normalized spacial score (nSPS) is 12.6.